The number of rotatable bonds is 7. The highest BCUT2D eigenvalue weighted by Crippen LogP contribution is 2.26. The van der Waals surface area contributed by atoms with E-state index in [1.807, 2.05) is 6.92 Å². The molecule has 0 radical (unpaired) electrons. The summed E-state index contributed by atoms with van der Waals surface area (Å²) in [6, 6.07) is 17.5. The lowest BCUT2D eigenvalue weighted by Crippen LogP contribution is -2.29. The molecular formula is C25H21FN2O4. The maximum atomic E-state index is 13.1. The summed E-state index contributed by atoms with van der Waals surface area (Å²) in [5, 5.41) is 2.80. The monoisotopic (exact) mass is 432 g/mol. The summed E-state index contributed by atoms with van der Waals surface area (Å²) >= 11 is 0. The number of nitrogens with zero attached hydrogens (tertiary/aromatic N) is 1. The topological polar surface area (TPSA) is 75.7 Å². The molecule has 4 rings (SSSR count). The predicted octanol–water partition coefficient (Wildman–Crippen LogP) is 3.95. The molecule has 32 heavy (non-hydrogen) atoms. The third-order valence-corrected chi connectivity index (χ3v) is 5.17. The number of benzene rings is 3. The molecule has 1 N–H and O–H groups in total. The van der Waals surface area contributed by atoms with Crippen LogP contribution in [0.1, 0.15) is 49.1 Å². The first kappa shape index (κ1) is 21.2. The fraction of sp³-hybridized carbons (Fsp3) is 0.160. The van der Waals surface area contributed by atoms with Crippen LogP contribution in [0.25, 0.3) is 0 Å². The lowest BCUT2D eigenvalue weighted by molar-refractivity contribution is 0.0642. The van der Waals surface area contributed by atoms with E-state index in [2.05, 4.69) is 5.32 Å². The van der Waals surface area contributed by atoms with Gasteiger partial charge in [-0.2, -0.15) is 0 Å². The van der Waals surface area contributed by atoms with Gasteiger partial charge in [0.1, 0.15) is 11.6 Å². The number of imide groups is 1. The molecule has 0 fully saturated rings. The van der Waals surface area contributed by atoms with Gasteiger partial charge in [-0.15, -0.1) is 0 Å². The molecule has 0 saturated carbocycles. The van der Waals surface area contributed by atoms with E-state index >= 15 is 0 Å². The lowest BCUT2D eigenvalue weighted by atomic mass is 10.1. The van der Waals surface area contributed by atoms with Crippen LogP contribution >= 0.6 is 0 Å². The fourth-order valence-electron chi connectivity index (χ4n) is 3.58. The molecule has 1 aliphatic heterocycles. The number of fused-ring (bicyclic) bond motifs is 1. The molecular weight excluding hydrogens is 411 g/mol. The molecule has 3 amide bonds. The summed E-state index contributed by atoms with van der Waals surface area (Å²) in [6.07, 6.45) is 0. The third kappa shape index (κ3) is 4.23. The maximum Gasteiger partial charge on any atom is 0.261 e. The summed E-state index contributed by atoms with van der Waals surface area (Å²) in [6.45, 7) is 2.44. The summed E-state index contributed by atoms with van der Waals surface area (Å²) in [7, 11) is 0. The zero-order chi connectivity index (χ0) is 22.7. The van der Waals surface area contributed by atoms with Crippen molar-refractivity contribution in [3.8, 4) is 5.75 Å². The van der Waals surface area contributed by atoms with Crippen molar-refractivity contribution in [2.24, 2.45) is 0 Å². The molecule has 6 nitrogen and oxygen atoms in total. The van der Waals surface area contributed by atoms with Crippen LogP contribution < -0.4 is 10.1 Å². The Morgan fingerprint density at radius 3 is 2.19 bits per heavy atom. The molecule has 3 aromatic rings. The first-order valence-corrected chi connectivity index (χ1v) is 10.2. The Bertz CT molecular complexity index is 1160. The van der Waals surface area contributed by atoms with Crippen molar-refractivity contribution in [2.75, 3.05) is 6.61 Å². The van der Waals surface area contributed by atoms with Crippen LogP contribution in [0, 0.1) is 5.82 Å². The molecule has 7 heteroatoms. The molecule has 0 aliphatic carbocycles. The van der Waals surface area contributed by atoms with E-state index < -0.39 is 0 Å². The molecule has 0 saturated heterocycles. The highest BCUT2D eigenvalue weighted by Gasteiger charge is 2.35. The smallest absolute Gasteiger partial charge is 0.261 e. The van der Waals surface area contributed by atoms with E-state index in [1.54, 1.807) is 54.6 Å². The number of carbonyl (C=O) groups is 3. The average Bonchev–Trinajstić information content (AvgIpc) is 3.04. The molecule has 0 bridgehead atoms. The molecule has 0 atom stereocenters. The summed E-state index contributed by atoms with van der Waals surface area (Å²) in [5.74, 6) is -1.04. The maximum absolute atomic E-state index is 13.1. The average molecular weight is 432 g/mol. The second-order valence-corrected chi connectivity index (χ2v) is 7.31. The normalized spacial score (nSPS) is 12.6. The van der Waals surface area contributed by atoms with E-state index in [9.17, 15) is 18.8 Å². The number of halogens is 1. The van der Waals surface area contributed by atoms with Gasteiger partial charge in [0.05, 0.1) is 29.8 Å². The van der Waals surface area contributed by atoms with Gasteiger partial charge in [-0.1, -0.05) is 30.3 Å². The van der Waals surface area contributed by atoms with E-state index in [4.69, 9.17) is 4.74 Å². The van der Waals surface area contributed by atoms with Gasteiger partial charge < -0.3 is 10.1 Å². The molecule has 0 aromatic heterocycles. The van der Waals surface area contributed by atoms with Crippen molar-refractivity contribution in [1.29, 1.82) is 0 Å². The Balaban J connectivity index is 1.54. The number of nitrogens with one attached hydrogen (secondary N) is 1. The van der Waals surface area contributed by atoms with Crippen molar-refractivity contribution in [1.82, 2.24) is 10.2 Å². The quantitative estimate of drug-likeness (QED) is 0.574. The van der Waals surface area contributed by atoms with Crippen LogP contribution in [0.15, 0.2) is 66.7 Å². The SMILES string of the molecule is CCOc1ccc(CN2C(=O)c3ccccc3C2=O)cc1C(=O)NCc1ccc(F)cc1. The van der Waals surface area contributed by atoms with Gasteiger partial charge in [0, 0.05) is 6.54 Å². The van der Waals surface area contributed by atoms with E-state index in [-0.39, 0.29) is 36.6 Å². The van der Waals surface area contributed by atoms with Gasteiger partial charge in [0.25, 0.3) is 17.7 Å². The van der Waals surface area contributed by atoms with Crippen molar-refractivity contribution >= 4 is 17.7 Å². The Morgan fingerprint density at radius 2 is 1.56 bits per heavy atom. The minimum absolute atomic E-state index is 0.0387. The number of amides is 3. The molecule has 162 valence electrons. The Labute approximate surface area is 184 Å². The van der Waals surface area contributed by atoms with Crippen molar-refractivity contribution in [3.63, 3.8) is 0 Å². The van der Waals surface area contributed by atoms with Gasteiger partial charge in [0.15, 0.2) is 0 Å². The van der Waals surface area contributed by atoms with Crippen molar-refractivity contribution in [3.05, 3.63) is 100 Å². The van der Waals surface area contributed by atoms with Crippen LogP contribution in [0.3, 0.4) is 0 Å². The third-order valence-electron chi connectivity index (χ3n) is 5.17. The first-order chi connectivity index (χ1) is 15.5. The van der Waals surface area contributed by atoms with Gasteiger partial charge in [-0.3, -0.25) is 19.3 Å². The summed E-state index contributed by atoms with van der Waals surface area (Å²) < 4.78 is 18.7. The number of carbonyl (C=O) groups excluding carboxylic acids is 3. The van der Waals surface area contributed by atoms with Crippen LogP contribution in [0.2, 0.25) is 0 Å². The number of hydrogen-bond donors (Lipinski definition) is 1. The standard InChI is InChI=1S/C25H21FN2O4/c1-2-32-22-12-9-17(15-28-24(30)19-5-3-4-6-20(19)25(28)31)13-21(22)23(29)27-14-16-7-10-18(26)11-8-16/h3-13H,2,14-15H2,1H3,(H,27,29). The van der Waals surface area contributed by atoms with Gasteiger partial charge in [0.2, 0.25) is 0 Å². The first-order valence-electron chi connectivity index (χ1n) is 10.2. The van der Waals surface area contributed by atoms with Crippen LogP contribution in [0.4, 0.5) is 4.39 Å². The van der Waals surface area contributed by atoms with E-state index in [0.717, 1.165) is 5.56 Å². The molecule has 1 aliphatic rings. The largest absolute Gasteiger partial charge is 0.493 e. The Morgan fingerprint density at radius 1 is 0.938 bits per heavy atom. The molecule has 1 heterocycles. The zero-order valence-electron chi connectivity index (χ0n) is 17.4. The van der Waals surface area contributed by atoms with Crippen LogP contribution in [0.5, 0.6) is 5.75 Å². The van der Waals surface area contributed by atoms with Crippen LogP contribution in [-0.2, 0) is 13.1 Å². The fourth-order valence-corrected chi connectivity index (χ4v) is 3.58. The number of ether oxygens (including phenoxy) is 1. The predicted molar refractivity (Wildman–Crippen MR) is 116 cm³/mol. The van der Waals surface area contributed by atoms with Crippen molar-refractivity contribution in [2.45, 2.75) is 20.0 Å². The Kier molecular flexibility index (Phi) is 5.98. The van der Waals surface area contributed by atoms with Crippen molar-refractivity contribution < 1.29 is 23.5 Å². The lowest BCUT2D eigenvalue weighted by Gasteiger charge is -2.16. The second kappa shape index (κ2) is 9.01. The van der Waals surface area contributed by atoms with Gasteiger partial charge in [-0.05, 0) is 54.4 Å². The molecule has 0 spiro atoms. The molecule has 3 aromatic carbocycles. The summed E-state index contributed by atoms with van der Waals surface area (Å²) in [5.41, 5.74) is 2.42. The highest BCUT2D eigenvalue weighted by atomic mass is 19.1. The minimum Gasteiger partial charge on any atom is -0.493 e. The Hall–Kier alpha value is -4.00. The van der Waals surface area contributed by atoms with Gasteiger partial charge in [-0.25, -0.2) is 4.39 Å². The highest BCUT2D eigenvalue weighted by molar-refractivity contribution is 6.21. The molecule has 0 unspecified atom stereocenters. The second-order valence-electron chi connectivity index (χ2n) is 7.31. The van der Waals surface area contributed by atoms with E-state index in [0.29, 0.717) is 34.6 Å². The zero-order valence-corrected chi connectivity index (χ0v) is 17.4. The van der Waals surface area contributed by atoms with Crippen LogP contribution in [-0.4, -0.2) is 29.2 Å². The summed E-state index contributed by atoms with van der Waals surface area (Å²) in [4.78, 5) is 39.3. The number of hydrogen-bond acceptors (Lipinski definition) is 4. The van der Waals surface area contributed by atoms with E-state index in [1.165, 1.54) is 17.0 Å². The van der Waals surface area contributed by atoms with Gasteiger partial charge >= 0.3 is 0 Å². The minimum atomic E-state index is -0.373.